The number of para-hydroxylation sites is 1. The molecule has 2 aliphatic heterocycles. The fraction of sp³-hybridized carbons (Fsp3) is 0.333. The second-order valence-corrected chi connectivity index (χ2v) is 8.46. The zero-order valence-corrected chi connectivity index (χ0v) is 14.7. The number of sulfonamides is 1. The Labute approximate surface area is 139 Å². The maximum Gasteiger partial charge on any atom is 0.267 e. The van der Waals surface area contributed by atoms with Gasteiger partial charge in [0.15, 0.2) is 0 Å². The van der Waals surface area contributed by atoms with Crippen LogP contribution in [0, 0.1) is 5.92 Å². The molecule has 1 atom stereocenters. The maximum absolute atomic E-state index is 13.0. The zero-order chi connectivity index (χ0) is 16.8. The molecule has 0 saturated carbocycles. The molecule has 1 N–H and O–H groups in total. The molecule has 122 valence electrons. The van der Waals surface area contributed by atoms with Crippen LogP contribution in [0.4, 0.5) is 5.69 Å². The Morgan fingerprint density at radius 3 is 2.78 bits per heavy atom. The van der Waals surface area contributed by atoms with E-state index in [4.69, 9.17) is 0 Å². The van der Waals surface area contributed by atoms with Crippen LogP contribution in [0.1, 0.15) is 19.4 Å². The van der Waals surface area contributed by atoms with Gasteiger partial charge >= 0.3 is 0 Å². The third-order valence-corrected chi connectivity index (χ3v) is 7.18. The highest BCUT2D eigenvalue weighted by molar-refractivity contribution is 8.10. The number of rotatable bonds is 1. The molecule has 1 unspecified atom stereocenters. The average molecular weight is 351 g/mol. The summed E-state index contributed by atoms with van der Waals surface area (Å²) in [5, 5.41) is 4.09. The van der Waals surface area contributed by atoms with Gasteiger partial charge < -0.3 is 0 Å². The summed E-state index contributed by atoms with van der Waals surface area (Å²) in [6.45, 7) is 3.26. The van der Waals surface area contributed by atoms with Crippen LogP contribution in [0.3, 0.4) is 0 Å². The number of allylic oxidation sites excluding steroid dienone is 1. The van der Waals surface area contributed by atoms with Gasteiger partial charge in [0, 0.05) is 36.1 Å². The van der Waals surface area contributed by atoms with Crippen LogP contribution in [0.15, 0.2) is 34.3 Å². The molecule has 8 heteroatoms. The maximum atomic E-state index is 13.0. The summed E-state index contributed by atoms with van der Waals surface area (Å²) >= 11 is 1.52. The van der Waals surface area contributed by atoms with E-state index in [0.717, 1.165) is 5.56 Å². The van der Waals surface area contributed by atoms with Crippen molar-refractivity contribution in [1.29, 1.82) is 0 Å². The largest absolute Gasteiger partial charge is 0.274 e. The quantitative estimate of drug-likeness (QED) is 0.785. The van der Waals surface area contributed by atoms with Crippen LogP contribution in [-0.2, 0) is 14.8 Å². The molecule has 0 bridgehead atoms. The summed E-state index contributed by atoms with van der Waals surface area (Å²) in [6.07, 6.45) is 0. The van der Waals surface area contributed by atoms with Gasteiger partial charge in [-0.15, -0.1) is 11.8 Å². The molecule has 1 aromatic carbocycles. The van der Waals surface area contributed by atoms with Gasteiger partial charge in [-0.25, -0.2) is 13.8 Å². The number of thioether (sulfide) groups is 1. The van der Waals surface area contributed by atoms with Crippen molar-refractivity contribution in [2.75, 3.05) is 17.1 Å². The van der Waals surface area contributed by atoms with Crippen molar-refractivity contribution in [3.63, 3.8) is 0 Å². The first-order chi connectivity index (χ1) is 10.8. The van der Waals surface area contributed by atoms with E-state index in [-0.39, 0.29) is 16.7 Å². The molecule has 1 amide bonds. The van der Waals surface area contributed by atoms with Gasteiger partial charge in [-0.1, -0.05) is 25.1 Å². The Bertz CT molecular complexity index is 843. The van der Waals surface area contributed by atoms with E-state index in [1.54, 1.807) is 6.07 Å². The molecule has 6 nitrogen and oxygen atoms in total. The van der Waals surface area contributed by atoms with Gasteiger partial charge in [-0.05, 0) is 6.07 Å². The molecular weight excluding hydrogens is 334 g/mol. The van der Waals surface area contributed by atoms with Gasteiger partial charge in [0.25, 0.3) is 10.0 Å². The standard InChI is InChI=1S/C15H17N3O3S2/c1-9-8-22-14-11-6-4-5-7-12(11)18(3)23(20,21)15(14)13(9)17-16-10(2)19/h4-7,9H,8H2,1-3H3,(H,16,19)/b17-13+. The molecule has 0 aliphatic carbocycles. The van der Waals surface area contributed by atoms with Crippen LogP contribution in [-0.4, -0.2) is 32.8 Å². The third kappa shape index (κ3) is 2.55. The Morgan fingerprint density at radius 1 is 1.39 bits per heavy atom. The summed E-state index contributed by atoms with van der Waals surface area (Å²) in [4.78, 5) is 12.1. The number of nitrogens with one attached hydrogen (secondary N) is 1. The minimum Gasteiger partial charge on any atom is -0.274 e. The second kappa shape index (κ2) is 5.68. The van der Waals surface area contributed by atoms with E-state index >= 15 is 0 Å². The SMILES string of the molecule is CC(=O)N/N=C1/C2=C(SCC1C)c1ccccc1N(C)S2(=O)=O. The second-order valence-electron chi connectivity index (χ2n) is 5.53. The number of carbonyl (C=O) groups excluding carboxylic acids is 1. The monoisotopic (exact) mass is 351 g/mol. The van der Waals surface area contributed by atoms with Gasteiger partial charge in [-0.3, -0.25) is 9.10 Å². The van der Waals surface area contributed by atoms with E-state index in [2.05, 4.69) is 10.5 Å². The average Bonchev–Trinajstić information content (AvgIpc) is 2.51. The van der Waals surface area contributed by atoms with Gasteiger partial charge in [0.1, 0.15) is 4.91 Å². The fourth-order valence-electron chi connectivity index (χ4n) is 2.65. The molecular formula is C15H17N3O3S2. The van der Waals surface area contributed by atoms with Crippen molar-refractivity contribution >= 4 is 44.0 Å². The summed E-state index contributed by atoms with van der Waals surface area (Å²) in [5.41, 5.74) is 4.33. The van der Waals surface area contributed by atoms with Crippen molar-refractivity contribution in [2.24, 2.45) is 11.0 Å². The highest BCUT2D eigenvalue weighted by Gasteiger charge is 2.42. The van der Waals surface area contributed by atoms with Crippen LogP contribution in [0.2, 0.25) is 0 Å². The Hall–Kier alpha value is -1.80. The van der Waals surface area contributed by atoms with Crippen LogP contribution in [0.25, 0.3) is 4.91 Å². The Morgan fingerprint density at radius 2 is 2.09 bits per heavy atom. The molecule has 0 radical (unpaired) electrons. The summed E-state index contributed by atoms with van der Waals surface area (Å²) in [7, 11) is -2.16. The lowest BCUT2D eigenvalue weighted by molar-refractivity contribution is -0.118. The number of hydrogen-bond donors (Lipinski definition) is 1. The van der Waals surface area contributed by atoms with Crippen molar-refractivity contribution in [3.05, 3.63) is 34.7 Å². The third-order valence-electron chi connectivity index (χ3n) is 3.82. The number of hydrazone groups is 1. The van der Waals surface area contributed by atoms with E-state index in [1.165, 1.54) is 30.0 Å². The number of amides is 1. The summed E-state index contributed by atoms with van der Waals surface area (Å²) in [5.74, 6) is 0.316. The normalized spacial score (nSPS) is 24.2. The van der Waals surface area contributed by atoms with Crippen LogP contribution in [0.5, 0.6) is 0 Å². The Balaban J connectivity index is 2.28. The molecule has 23 heavy (non-hydrogen) atoms. The number of carbonyl (C=O) groups is 1. The van der Waals surface area contributed by atoms with Crippen molar-refractivity contribution in [2.45, 2.75) is 13.8 Å². The topological polar surface area (TPSA) is 78.8 Å². The molecule has 0 aromatic heterocycles. The minimum absolute atomic E-state index is 0.0703. The highest BCUT2D eigenvalue weighted by atomic mass is 32.2. The molecule has 2 heterocycles. The van der Waals surface area contributed by atoms with Crippen molar-refractivity contribution < 1.29 is 13.2 Å². The minimum atomic E-state index is -3.70. The number of nitrogens with zero attached hydrogens (tertiary/aromatic N) is 2. The number of fused-ring (bicyclic) bond motifs is 2. The molecule has 1 aromatic rings. The summed E-state index contributed by atoms with van der Waals surface area (Å²) < 4.78 is 27.2. The number of benzene rings is 1. The van der Waals surface area contributed by atoms with E-state index in [9.17, 15) is 13.2 Å². The molecule has 3 rings (SSSR count). The lowest BCUT2D eigenvalue weighted by Gasteiger charge is -2.35. The molecule has 2 aliphatic rings. The van der Waals surface area contributed by atoms with Crippen molar-refractivity contribution in [1.82, 2.24) is 5.43 Å². The molecule has 0 spiro atoms. The van der Waals surface area contributed by atoms with Crippen LogP contribution >= 0.6 is 11.8 Å². The predicted molar refractivity (Wildman–Crippen MR) is 93.6 cm³/mol. The Kier molecular flexibility index (Phi) is 3.97. The molecule has 0 saturated heterocycles. The van der Waals surface area contributed by atoms with E-state index in [0.29, 0.717) is 22.1 Å². The van der Waals surface area contributed by atoms with E-state index in [1.807, 2.05) is 25.1 Å². The lowest BCUT2D eigenvalue weighted by atomic mass is 10.0. The number of anilines is 1. The van der Waals surface area contributed by atoms with Crippen LogP contribution < -0.4 is 9.73 Å². The zero-order valence-electron chi connectivity index (χ0n) is 13.0. The van der Waals surface area contributed by atoms with Gasteiger partial charge in [0.2, 0.25) is 5.91 Å². The predicted octanol–water partition coefficient (Wildman–Crippen LogP) is 2.01. The first-order valence-electron chi connectivity index (χ1n) is 7.14. The van der Waals surface area contributed by atoms with Crippen molar-refractivity contribution in [3.8, 4) is 0 Å². The first kappa shape index (κ1) is 16.1. The number of hydrogen-bond acceptors (Lipinski definition) is 5. The first-order valence-corrected chi connectivity index (χ1v) is 9.56. The lowest BCUT2D eigenvalue weighted by Crippen LogP contribution is -2.39. The molecule has 0 fully saturated rings. The fourth-order valence-corrected chi connectivity index (χ4v) is 5.83. The van der Waals surface area contributed by atoms with Gasteiger partial charge in [-0.2, -0.15) is 5.10 Å². The van der Waals surface area contributed by atoms with E-state index < -0.39 is 10.0 Å². The summed E-state index contributed by atoms with van der Waals surface area (Å²) in [6, 6.07) is 7.41. The smallest absolute Gasteiger partial charge is 0.267 e. The highest BCUT2D eigenvalue weighted by Crippen LogP contribution is 2.48. The van der Waals surface area contributed by atoms with Gasteiger partial charge in [0.05, 0.1) is 11.4 Å².